The average Bonchev–Trinajstić information content (AvgIpc) is 3.23. The zero-order valence-electron chi connectivity index (χ0n) is 13.9. The van der Waals surface area contributed by atoms with Crippen LogP contribution in [0.25, 0.3) is 0 Å². The summed E-state index contributed by atoms with van der Waals surface area (Å²) in [5, 5.41) is 3.40. The fourth-order valence-corrected chi connectivity index (χ4v) is 3.47. The van der Waals surface area contributed by atoms with Gasteiger partial charge in [-0.2, -0.15) is 17.4 Å². The largest absolute Gasteiger partial charge is 0.314 e. The van der Waals surface area contributed by atoms with Gasteiger partial charge in [-0.15, -0.1) is 0 Å². The molecule has 0 aromatic carbocycles. The van der Waals surface area contributed by atoms with Crippen molar-refractivity contribution in [3.8, 4) is 0 Å². The summed E-state index contributed by atoms with van der Waals surface area (Å²) >= 11 is 0. The first-order valence-corrected chi connectivity index (χ1v) is 9.86. The Labute approximate surface area is 131 Å². The molecule has 0 aromatic rings. The summed E-state index contributed by atoms with van der Waals surface area (Å²) in [5.74, 6) is 0. The normalized spacial score (nSPS) is 17.3. The second-order valence-corrected chi connectivity index (χ2v) is 8.09. The van der Waals surface area contributed by atoms with Gasteiger partial charge < -0.3 is 5.32 Å². The third-order valence-corrected chi connectivity index (χ3v) is 5.61. The van der Waals surface area contributed by atoms with Crippen molar-refractivity contribution in [1.82, 2.24) is 14.3 Å². The topological polar surface area (TPSA) is 61.4 Å². The van der Waals surface area contributed by atoms with E-state index >= 15 is 0 Å². The molecule has 0 aliphatic heterocycles. The molecule has 1 fully saturated rings. The predicted octanol–water partition coefficient (Wildman–Crippen LogP) is 2.25. The van der Waals surface area contributed by atoms with E-state index in [1.165, 1.54) is 36.4 Å². The van der Waals surface area contributed by atoms with Crippen LogP contribution in [0.2, 0.25) is 0 Å². The van der Waals surface area contributed by atoms with Crippen molar-refractivity contribution in [3.63, 3.8) is 0 Å². The molecule has 1 aliphatic carbocycles. The van der Waals surface area contributed by atoms with Crippen LogP contribution in [-0.4, -0.2) is 44.9 Å². The highest BCUT2D eigenvalue weighted by Gasteiger charge is 2.21. The van der Waals surface area contributed by atoms with Crippen molar-refractivity contribution in [1.29, 1.82) is 0 Å². The number of nitrogens with one attached hydrogen (secondary N) is 2. The number of hydrogen-bond acceptors (Lipinski definition) is 3. The summed E-state index contributed by atoms with van der Waals surface area (Å²) in [6.07, 6.45) is 9.02. The molecule has 1 saturated carbocycles. The Morgan fingerprint density at radius 1 is 1.19 bits per heavy atom. The number of rotatable bonds is 13. The van der Waals surface area contributed by atoms with E-state index in [0.717, 1.165) is 25.8 Å². The molecular weight excluding hydrogens is 286 g/mol. The lowest BCUT2D eigenvalue weighted by molar-refractivity contribution is 0.431. The van der Waals surface area contributed by atoms with Crippen molar-refractivity contribution < 1.29 is 8.42 Å². The maximum Gasteiger partial charge on any atom is 0.279 e. The first-order valence-electron chi connectivity index (χ1n) is 8.42. The van der Waals surface area contributed by atoms with E-state index in [0.29, 0.717) is 12.6 Å². The van der Waals surface area contributed by atoms with Gasteiger partial charge in [0.15, 0.2) is 0 Å². The minimum Gasteiger partial charge on any atom is -0.314 e. The molecule has 1 unspecified atom stereocenters. The first-order chi connectivity index (χ1) is 9.95. The Morgan fingerprint density at radius 3 is 2.52 bits per heavy atom. The van der Waals surface area contributed by atoms with Gasteiger partial charge in [0.1, 0.15) is 0 Å². The molecule has 21 heavy (non-hydrogen) atoms. The van der Waals surface area contributed by atoms with Crippen LogP contribution in [0.4, 0.5) is 0 Å². The van der Waals surface area contributed by atoms with Crippen LogP contribution in [-0.2, 0) is 10.2 Å². The van der Waals surface area contributed by atoms with E-state index in [9.17, 15) is 8.42 Å². The Balaban J connectivity index is 2.16. The summed E-state index contributed by atoms with van der Waals surface area (Å²) in [5.41, 5.74) is 0. The van der Waals surface area contributed by atoms with Gasteiger partial charge in [-0.05, 0) is 39.2 Å². The minimum atomic E-state index is -3.33. The molecule has 0 aromatic heterocycles. The third kappa shape index (κ3) is 8.76. The van der Waals surface area contributed by atoms with Crippen molar-refractivity contribution >= 4 is 10.2 Å². The zero-order valence-corrected chi connectivity index (χ0v) is 14.7. The van der Waals surface area contributed by atoms with Crippen LogP contribution in [0.15, 0.2) is 0 Å². The minimum absolute atomic E-state index is 0.0129. The summed E-state index contributed by atoms with van der Waals surface area (Å²) < 4.78 is 28.5. The number of hydrogen-bond donors (Lipinski definition) is 2. The molecule has 0 radical (unpaired) electrons. The van der Waals surface area contributed by atoms with Crippen molar-refractivity contribution in [2.24, 2.45) is 0 Å². The molecule has 0 saturated heterocycles. The van der Waals surface area contributed by atoms with Crippen molar-refractivity contribution in [3.05, 3.63) is 0 Å². The second-order valence-electron chi connectivity index (χ2n) is 6.28. The molecule has 0 heterocycles. The van der Waals surface area contributed by atoms with Gasteiger partial charge in [0.05, 0.1) is 0 Å². The number of nitrogens with zero attached hydrogens (tertiary/aromatic N) is 1. The van der Waals surface area contributed by atoms with Gasteiger partial charge >= 0.3 is 0 Å². The fourth-order valence-electron chi connectivity index (χ4n) is 2.30. The Hall–Kier alpha value is -0.170. The van der Waals surface area contributed by atoms with Crippen LogP contribution in [0, 0.1) is 0 Å². The monoisotopic (exact) mass is 319 g/mol. The maximum atomic E-state index is 12.2. The van der Waals surface area contributed by atoms with E-state index in [2.05, 4.69) is 17.0 Å². The Morgan fingerprint density at radius 2 is 1.90 bits per heavy atom. The van der Waals surface area contributed by atoms with E-state index in [1.54, 1.807) is 7.05 Å². The molecule has 6 heteroatoms. The van der Waals surface area contributed by atoms with Crippen molar-refractivity contribution in [2.45, 2.75) is 77.3 Å². The van der Waals surface area contributed by atoms with Gasteiger partial charge in [0.25, 0.3) is 10.2 Å². The fraction of sp³-hybridized carbons (Fsp3) is 1.00. The van der Waals surface area contributed by atoms with Crippen LogP contribution in [0.1, 0.15) is 65.2 Å². The molecule has 1 aliphatic rings. The third-order valence-electron chi connectivity index (χ3n) is 3.91. The summed E-state index contributed by atoms with van der Waals surface area (Å²) in [6, 6.07) is 0.701. The highest BCUT2D eigenvalue weighted by atomic mass is 32.2. The maximum absolute atomic E-state index is 12.2. The lowest BCUT2D eigenvalue weighted by Gasteiger charge is -2.21. The Kier molecular flexibility index (Phi) is 8.78. The standard InChI is InChI=1S/C15H33N3O2S/c1-4-5-6-7-9-14(2)17-21(19,20)18(3)13-8-12-16-15-10-11-15/h14-17H,4-13H2,1-3H3. The summed E-state index contributed by atoms with van der Waals surface area (Å²) in [6.45, 7) is 5.60. The van der Waals surface area contributed by atoms with Crippen LogP contribution in [0.5, 0.6) is 0 Å². The molecule has 0 spiro atoms. The van der Waals surface area contributed by atoms with E-state index in [1.807, 2.05) is 6.92 Å². The molecule has 0 amide bonds. The average molecular weight is 320 g/mol. The molecule has 126 valence electrons. The Bertz CT molecular complexity index is 369. The van der Waals surface area contributed by atoms with Gasteiger partial charge in [-0.3, -0.25) is 0 Å². The molecule has 2 N–H and O–H groups in total. The molecule has 1 atom stereocenters. The highest BCUT2D eigenvalue weighted by molar-refractivity contribution is 7.87. The molecule has 5 nitrogen and oxygen atoms in total. The lowest BCUT2D eigenvalue weighted by atomic mass is 10.1. The van der Waals surface area contributed by atoms with Crippen LogP contribution in [0.3, 0.4) is 0 Å². The van der Waals surface area contributed by atoms with E-state index in [4.69, 9.17) is 0 Å². The predicted molar refractivity (Wildman–Crippen MR) is 88.5 cm³/mol. The van der Waals surface area contributed by atoms with Crippen LogP contribution < -0.4 is 10.0 Å². The van der Waals surface area contributed by atoms with Gasteiger partial charge in [0, 0.05) is 25.7 Å². The SMILES string of the molecule is CCCCCCC(C)NS(=O)(=O)N(C)CCCNC1CC1. The lowest BCUT2D eigenvalue weighted by Crippen LogP contribution is -2.43. The second kappa shape index (κ2) is 9.77. The van der Waals surface area contributed by atoms with Crippen molar-refractivity contribution in [2.75, 3.05) is 20.1 Å². The van der Waals surface area contributed by atoms with Crippen LogP contribution >= 0.6 is 0 Å². The first kappa shape index (κ1) is 18.9. The van der Waals surface area contributed by atoms with Gasteiger partial charge in [0.2, 0.25) is 0 Å². The van der Waals surface area contributed by atoms with E-state index in [-0.39, 0.29) is 6.04 Å². The zero-order chi connectivity index (χ0) is 15.7. The summed E-state index contributed by atoms with van der Waals surface area (Å²) in [7, 11) is -1.68. The quantitative estimate of drug-likeness (QED) is 0.512. The van der Waals surface area contributed by atoms with E-state index < -0.39 is 10.2 Å². The molecular formula is C15H33N3O2S. The number of unbranched alkanes of at least 4 members (excludes halogenated alkanes) is 3. The molecule has 1 rings (SSSR count). The van der Waals surface area contributed by atoms with Gasteiger partial charge in [-0.1, -0.05) is 32.6 Å². The molecule has 0 bridgehead atoms. The van der Waals surface area contributed by atoms with Gasteiger partial charge in [-0.25, -0.2) is 0 Å². The summed E-state index contributed by atoms with van der Waals surface area (Å²) in [4.78, 5) is 0. The smallest absolute Gasteiger partial charge is 0.279 e. The highest BCUT2D eigenvalue weighted by Crippen LogP contribution is 2.18.